The molecule has 7 nitrogen and oxygen atoms in total. The van der Waals surface area contributed by atoms with Gasteiger partial charge in [-0.3, -0.25) is 14.5 Å². The average molecular weight is 523 g/mol. The lowest BCUT2D eigenvalue weighted by Gasteiger charge is -2.24. The van der Waals surface area contributed by atoms with E-state index in [4.69, 9.17) is 20.8 Å². The van der Waals surface area contributed by atoms with E-state index in [1.54, 1.807) is 42.5 Å². The minimum atomic E-state index is -0.926. The van der Waals surface area contributed by atoms with Gasteiger partial charge >= 0.3 is 0 Å². The molecule has 1 unspecified atom stereocenters. The lowest BCUT2D eigenvalue weighted by molar-refractivity contribution is -0.117. The fourth-order valence-corrected chi connectivity index (χ4v) is 5.46. The predicted molar refractivity (Wildman–Crippen MR) is 139 cm³/mol. The number of benzene rings is 2. The summed E-state index contributed by atoms with van der Waals surface area (Å²) in [6.07, 6.45) is 4.44. The van der Waals surface area contributed by atoms with E-state index in [1.807, 2.05) is 6.07 Å². The van der Waals surface area contributed by atoms with Crippen LogP contribution in [0.25, 0.3) is 10.2 Å². The standard InChI is InChI=1S/C27H23ClN2O5S/c1-2-3-4-12-34-18-8-5-7-16(14-18)23-22(24(31)20-9-6-13-35-20)25(32)26(33)30(23)27-29-19-11-10-17(28)15-21(19)36-27/h5-11,13-15,23,32H,2-4,12H2,1H3. The summed E-state index contributed by atoms with van der Waals surface area (Å²) in [5.41, 5.74) is 1.19. The van der Waals surface area contributed by atoms with Crippen LogP contribution in [0.5, 0.6) is 5.75 Å². The van der Waals surface area contributed by atoms with Crippen molar-refractivity contribution in [3.8, 4) is 5.75 Å². The fraction of sp³-hybridized carbons (Fsp3) is 0.222. The number of rotatable bonds is 9. The Morgan fingerprint density at radius 1 is 1.19 bits per heavy atom. The van der Waals surface area contributed by atoms with Crippen molar-refractivity contribution in [3.05, 3.63) is 88.5 Å². The first-order chi connectivity index (χ1) is 17.5. The number of ketones is 1. The van der Waals surface area contributed by atoms with Crippen molar-refractivity contribution in [1.29, 1.82) is 0 Å². The highest BCUT2D eigenvalue weighted by molar-refractivity contribution is 7.22. The number of Topliss-reactive ketones (excluding diaryl/α,β-unsaturated/α-hetero) is 1. The van der Waals surface area contributed by atoms with Gasteiger partial charge in [-0.25, -0.2) is 4.98 Å². The quantitative estimate of drug-likeness (QED) is 0.190. The maximum atomic E-state index is 13.4. The molecule has 1 N–H and O–H groups in total. The third-order valence-electron chi connectivity index (χ3n) is 5.93. The summed E-state index contributed by atoms with van der Waals surface area (Å²) in [4.78, 5) is 32.8. The second-order valence-corrected chi connectivity index (χ2v) is 9.83. The Labute approximate surface area is 216 Å². The van der Waals surface area contributed by atoms with Gasteiger partial charge < -0.3 is 14.3 Å². The Hall–Kier alpha value is -3.62. The van der Waals surface area contributed by atoms with Crippen LogP contribution in [0.2, 0.25) is 5.02 Å². The van der Waals surface area contributed by atoms with Gasteiger partial charge in [-0.15, -0.1) is 0 Å². The van der Waals surface area contributed by atoms with E-state index in [0.717, 1.165) is 24.0 Å². The molecule has 184 valence electrons. The van der Waals surface area contributed by atoms with Crippen molar-refractivity contribution >= 4 is 50.0 Å². The lowest BCUT2D eigenvalue weighted by Crippen LogP contribution is -2.31. The number of carbonyl (C=O) groups excluding carboxylic acids is 2. The van der Waals surface area contributed by atoms with E-state index in [2.05, 4.69) is 11.9 Å². The highest BCUT2D eigenvalue weighted by atomic mass is 35.5. The number of hydrogen-bond acceptors (Lipinski definition) is 7. The van der Waals surface area contributed by atoms with Crippen molar-refractivity contribution in [2.45, 2.75) is 32.2 Å². The number of aliphatic hydroxyl groups is 1. The molecule has 1 aliphatic heterocycles. The van der Waals surface area contributed by atoms with Gasteiger partial charge in [0, 0.05) is 5.02 Å². The largest absolute Gasteiger partial charge is 0.503 e. The van der Waals surface area contributed by atoms with Crippen LogP contribution in [0, 0.1) is 0 Å². The van der Waals surface area contributed by atoms with Gasteiger partial charge in [0.25, 0.3) is 5.91 Å². The van der Waals surface area contributed by atoms with Gasteiger partial charge in [0.15, 0.2) is 16.7 Å². The topological polar surface area (TPSA) is 92.9 Å². The molecule has 0 saturated heterocycles. The maximum Gasteiger partial charge on any atom is 0.296 e. The molecule has 4 aromatic rings. The first-order valence-corrected chi connectivity index (χ1v) is 12.8. The normalized spacial score (nSPS) is 15.8. The molecule has 0 radical (unpaired) electrons. The van der Waals surface area contributed by atoms with Crippen LogP contribution in [-0.4, -0.2) is 28.4 Å². The molecule has 2 aromatic carbocycles. The number of anilines is 1. The van der Waals surface area contributed by atoms with Crippen LogP contribution in [0.4, 0.5) is 5.13 Å². The van der Waals surface area contributed by atoms with Gasteiger partial charge in [-0.2, -0.15) is 0 Å². The van der Waals surface area contributed by atoms with E-state index in [1.165, 1.54) is 28.6 Å². The van der Waals surface area contributed by atoms with Crippen LogP contribution in [0.3, 0.4) is 0 Å². The number of aliphatic hydroxyl groups excluding tert-OH is 1. The second kappa shape index (κ2) is 10.2. The molecule has 3 heterocycles. The third kappa shape index (κ3) is 4.50. The molecule has 1 amide bonds. The van der Waals surface area contributed by atoms with Crippen molar-refractivity contribution in [1.82, 2.24) is 4.98 Å². The summed E-state index contributed by atoms with van der Waals surface area (Å²) in [6, 6.07) is 14.6. The van der Waals surface area contributed by atoms with E-state index < -0.39 is 23.5 Å². The summed E-state index contributed by atoms with van der Waals surface area (Å²) >= 11 is 7.40. The van der Waals surface area contributed by atoms with Crippen LogP contribution in [-0.2, 0) is 4.79 Å². The van der Waals surface area contributed by atoms with Crippen molar-refractivity contribution in [3.63, 3.8) is 0 Å². The van der Waals surface area contributed by atoms with Gasteiger partial charge in [0.05, 0.1) is 34.7 Å². The number of fused-ring (bicyclic) bond motifs is 1. The molecule has 9 heteroatoms. The van der Waals surface area contributed by atoms with Gasteiger partial charge in [0.1, 0.15) is 5.75 Å². The average Bonchev–Trinajstić information content (AvgIpc) is 3.60. The number of amides is 1. The minimum absolute atomic E-state index is 0.0271. The lowest BCUT2D eigenvalue weighted by atomic mass is 9.95. The Kier molecular flexibility index (Phi) is 6.80. The molecule has 0 fully saturated rings. The van der Waals surface area contributed by atoms with Crippen LogP contribution < -0.4 is 9.64 Å². The molecule has 0 spiro atoms. The third-order valence-corrected chi connectivity index (χ3v) is 7.19. The molecule has 2 aromatic heterocycles. The second-order valence-electron chi connectivity index (χ2n) is 8.38. The van der Waals surface area contributed by atoms with Crippen molar-refractivity contribution in [2.24, 2.45) is 0 Å². The summed E-state index contributed by atoms with van der Waals surface area (Å²) in [6.45, 7) is 2.68. The van der Waals surface area contributed by atoms with Crippen molar-refractivity contribution in [2.75, 3.05) is 11.5 Å². The number of carbonyl (C=O) groups is 2. The zero-order valence-electron chi connectivity index (χ0n) is 19.4. The number of thiazole rings is 1. The SMILES string of the molecule is CCCCCOc1cccc(C2C(C(=O)c3ccco3)=C(O)C(=O)N2c2nc3ccc(Cl)cc3s2)c1. The summed E-state index contributed by atoms with van der Waals surface area (Å²) < 4.78 is 12.0. The number of halogens is 1. The van der Waals surface area contributed by atoms with E-state index in [9.17, 15) is 14.7 Å². The van der Waals surface area contributed by atoms with Crippen LogP contribution in [0.1, 0.15) is 48.3 Å². The summed E-state index contributed by atoms with van der Waals surface area (Å²) in [5.74, 6) is -1.28. The number of unbranched alkanes of at least 4 members (excludes halogenated alkanes) is 2. The summed E-state index contributed by atoms with van der Waals surface area (Å²) in [7, 11) is 0. The number of hydrogen-bond donors (Lipinski definition) is 1. The first kappa shape index (κ1) is 24.1. The maximum absolute atomic E-state index is 13.4. The van der Waals surface area contributed by atoms with Crippen LogP contribution in [0.15, 0.2) is 76.6 Å². The number of ether oxygens (including phenoxy) is 1. The smallest absolute Gasteiger partial charge is 0.296 e. The highest BCUT2D eigenvalue weighted by Crippen LogP contribution is 2.45. The molecule has 1 aliphatic rings. The van der Waals surface area contributed by atoms with Gasteiger partial charge in [-0.1, -0.05) is 54.8 Å². The zero-order chi connectivity index (χ0) is 25.2. The first-order valence-electron chi connectivity index (χ1n) is 11.6. The molecule has 0 aliphatic carbocycles. The predicted octanol–water partition coefficient (Wildman–Crippen LogP) is 6.89. The molecule has 0 bridgehead atoms. The number of aromatic nitrogens is 1. The molecular weight excluding hydrogens is 500 g/mol. The minimum Gasteiger partial charge on any atom is -0.503 e. The Balaban J connectivity index is 1.59. The van der Waals surface area contributed by atoms with Gasteiger partial charge in [0.2, 0.25) is 5.78 Å². The molecule has 5 rings (SSSR count). The van der Waals surface area contributed by atoms with Crippen LogP contribution >= 0.6 is 22.9 Å². The Bertz CT molecular complexity index is 1460. The molecule has 0 saturated carbocycles. The van der Waals surface area contributed by atoms with E-state index >= 15 is 0 Å². The van der Waals surface area contributed by atoms with E-state index in [-0.39, 0.29) is 11.3 Å². The zero-order valence-corrected chi connectivity index (χ0v) is 21.0. The molecular formula is C27H23ClN2O5S. The van der Waals surface area contributed by atoms with Crippen molar-refractivity contribution < 1.29 is 23.8 Å². The molecule has 36 heavy (non-hydrogen) atoms. The number of furan rings is 1. The monoisotopic (exact) mass is 522 g/mol. The fourth-order valence-electron chi connectivity index (χ4n) is 4.20. The highest BCUT2D eigenvalue weighted by Gasteiger charge is 2.46. The Morgan fingerprint density at radius 2 is 2.06 bits per heavy atom. The number of nitrogens with zero attached hydrogens (tertiary/aromatic N) is 2. The molecule has 1 atom stereocenters. The Morgan fingerprint density at radius 3 is 2.83 bits per heavy atom. The van der Waals surface area contributed by atoms with E-state index in [0.29, 0.717) is 33.6 Å². The van der Waals surface area contributed by atoms with Gasteiger partial charge in [-0.05, 0) is 54.4 Å². The summed E-state index contributed by atoms with van der Waals surface area (Å²) in [5, 5.41) is 11.8.